The van der Waals surface area contributed by atoms with Crippen molar-refractivity contribution < 1.29 is 8.42 Å². The predicted octanol–water partition coefficient (Wildman–Crippen LogP) is 5.23. The molecule has 0 aliphatic heterocycles. The maximum absolute atomic E-state index is 12.4. The zero-order chi connectivity index (χ0) is 20.0. The standard InChI is InChI=1S/C20H26ClN3O2S/c1-5-11-22-16(4)10-12-27(25,26)24-19-9-8-18(21)20(23-19)17-13-14(2)6-7-15(17)3/h6,8-11,13,15H,5,7,12H2,1-4H3,(H,23,24)/b16-10-,22-11?. The van der Waals surface area contributed by atoms with E-state index in [-0.39, 0.29) is 17.5 Å². The van der Waals surface area contributed by atoms with Crippen molar-refractivity contribution >= 4 is 39.2 Å². The largest absolute Gasteiger partial charge is 0.267 e. The molecule has 1 aromatic rings. The Morgan fingerprint density at radius 3 is 2.89 bits per heavy atom. The first-order valence-corrected chi connectivity index (χ1v) is 11.0. The molecule has 5 nitrogen and oxygen atoms in total. The molecule has 7 heteroatoms. The molecule has 0 amide bonds. The first-order valence-electron chi connectivity index (χ1n) is 8.97. The molecule has 0 saturated heterocycles. The van der Waals surface area contributed by atoms with Gasteiger partial charge in [-0.1, -0.05) is 43.2 Å². The highest BCUT2D eigenvalue weighted by Crippen LogP contribution is 2.34. The molecule has 146 valence electrons. The van der Waals surface area contributed by atoms with Crippen LogP contribution in [0.5, 0.6) is 0 Å². The van der Waals surface area contributed by atoms with Crippen LogP contribution >= 0.6 is 11.6 Å². The van der Waals surface area contributed by atoms with Crippen LogP contribution in [0.15, 0.2) is 46.6 Å². The predicted molar refractivity (Wildman–Crippen MR) is 115 cm³/mol. The van der Waals surface area contributed by atoms with E-state index in [0.717, 1.165) is 24.0 Å². The van der Waals surface area contributed by atoms with Gasteiger partial charge in [-0.05, 0) is 56.4 Å². The second kappa shape index (κ2) is 9.33. The Hall–Kier alpha value is -1.92. The summed E-state index contributed by atoms with van der Waals surface area (Å²) in [6, 6.07) is 3.25. The Bertz CT molecular complexity index is 915. The Morgan fingerprint density at radius 2 is 2.19 bits per heavy atom. The molecule has 27 heavy (non-hydrogen) atoms. The first kappa shape index (κ1) is 21.4. The van der Waals surface area contributed by atoms with Crippen LogP contribution in [-0.2, 0) is 10.0 Å². The summed E-state index contributed by atoms with van der Waals surface area (Å²) in [6.07, 6.45) is 9.26. The maximum Gasteiger partial charge on any atom is 0.237 e. The lowest BCUT2D eigenvalue weighted by Crippen LogP contribution is -2.17. The topological polar surface area (TPSA) is 71.4 Å². The van der Waals surface area contributed by atoms with E-state index >= 15 is 0 Å². The highest BCUT2D eigenvalue weighted by Gasteiger charge is 2.19. The second-order valence-electron chi connectivity index (χ2n) is 6.66. The van der Waals surface area contributed by atoms with E-state index in [1.165, 1.54) is 0 Å². The average Bonchev–Trinajstić information content (AvgIpc) is 2.62. The van der Waals surface area contributed by atoms with Crippen LogP contribution in [0.1, 0.15) is 46.2 Å². The van der Waals surface area contributed by atoms with E-state index in [1.807, 2.05) is 13.8 Å². The molecule has 0 aromatic carbocycles. The van der Waals surface area contributed by atoms with Gasteiger partial charge in [0.1, 0.15) is 5.82 Å². The molecule has 1 aromatic heterocycles. The molecule has 0 fully saturated rings. The number of pyridine rings is 1. The van der Waals surface area contributed by atoms with Gasteiger partial charge in [0.05, 0.1) is 16.5 Å². The van der Waals surface area contributed by atoms with Crippen LogP contribution in [0, 0.1) is 5.92 Å². The number of hydrogen-bond acceptors (Lipinski definition) is 4. The van der Waals surface area contributed by atoms with Gasteiger partial charge in [0.15, 0.2) is 0 Å². The molecule has 1 heterocycles. The highest BCUT2D eigenvalue weighted by atomic mass is 35.5. The summed E-state index contributed by atoms with van der Waals surface area (Å²) < 4.78 is 27.3. The molecule has 1 unspecified atom stereocenters. The number of aromatic nitrogens is 1. The smallest absolute Gasteiger partial charge is 0.237 e. The van der Waals surface area contributed by atoms with E-state index in [1.54, 1.807) is 31.3 Å². The molecule has 1 atom stereocenters. The number of nitrogens with one attached hydrogen (secondary N) is 1. The third kappa shape index (κ3) is 6.33. The van der Waals surface area contributed by atoms with Crippen molar-refractivity contribution in [3.05, 3.63) is 52.3 Å². The molecule has 1 N–H and O–H groups in total. The lowest BCUT2D eigenvalue weighted by atomic mass is 9.88. The lowest BCUT2D eigenvalue weighted by Gasteiger charge is -2.20. The highest BCUT2D eigenvalue weighted by molar-refractivity contribution is 7.92. The van der Waals surface area contributed by atoms with Crippen LogP contribution < -0.4 is 4.72 Å². The third-order valence-corrected chi connectivity index (χ3v) is 5.59. The lowest BCUT2D eigenvalue weighted by molar-refractivity contribution is 0.603. The van der Waals surface area contributed by atoms with E-state index in [9.17, 15) is 8.42 Å². The quantitative estimate of drug-likeness (QED) is 0.629. The Kier molecular flexibility index (Phi) is 7.39. The molecule has 0 saturated carbocycles. The minimum absolute atomic E-state index is 0.166. The number of sulfonamides is 1. The number of hydrogen-bond donors (Lipinski definition) is 1. The van der Waals surface area contributed by atoms with Crippen LogP contribution in [0.4, 0.5) is 5.82 Å². The molecule has 2 rings (SSSR count). The fraction of sp³-hybridized carbons (Fsp3) is 0.400. The van der Waals surface area contributed by atoms with Gasteiger partial charge in [-0.15, -0.1) is 0 Å². The molecular formula is C20H26ClN3O2S. The first-order chi connectivity index (χ1) is 12.7. The summed E-state index contributed by atoms with van der Waals surface area (Å²) in [5.41, 5.74) is 3.46. The molecule has 0 radical (unpaired) electrons. The SMILES string of the molecule is CCC=N/C(C)=C\CS(=O)(=O)Nc1ccc(Cl)c(C2=CC(C)=CCC2C)n1. The summed E-state index contributed by atoms with van der Waals surface area (Å²) in [7, 11) is -3.58. The average molecular weight is 408 g/mol. The third-order valence-electron chi connectivity index (χ3n) is 4.16. The molecular weight excluding hydrogens is 382 g/mol. The fourth-order valence-corrected chi connectivity index (χ4v) is 3.85. The number of nitrogens with zero attached hydrogens (tertiary/aromatic N) is 2. The van der Waals surface area contributed by atoms with E-state index < -0.39 is 10.0 Å². The van der Waals surface area contributed by atoms with Crippen LogP contribution in [0.2, 0.25) is 5.02 Å². The number of halogens is 1. The van der Waals surface area contributed by atoms with Gasteiger partial charge in [-0.2, -0.15) is 0 Å². The maximum atomic E-state index is 12.4. The van der Waals surface area contributed by atoms with Gasteiger partial charge in [-0.3, -0.25) is 9.71 Å². The van der Waals surface area contributed by atoms with Crippen molar-refractivity contribution in [1.82, 2.24) is 4.98 Å². The fourth-order valence-electron chi connectivity index (χ4n) is 2.66. The number of allylic oxidation sites excluding steroid dienone is 5. The summed E-state index contributed by atoms with van der Waals surface area (Å²) in [5.74, 6) is 0.367. The van der Waals surface area contributed by atoms with Crippen molar-refractivity contribution in [1.29, 1.82) is 0 Å². The molecule has 1 aliphatic rings. The Morgan fingerprint density at radius 1 is 1.44 bits per heavy atom. The summed E-state index contributed by atoms with van der Waals surface area (Å²) in [6.45, 7) is 7.88. The van der Waals surface area contributed by atoms with Crippen LogP contribution in [-0.4, -0.2) is 25.4 Å². The minimum atomic E-state index is -3.58. The Balaban J connectivity index is 2.23. The van der Waals surface area contributed by atoms with E-state index in [2.05, 4.69) is 33.8 Å². The zero-order valence-corrected chi connectivity index (χ0v) is 17.7. The Labute approximate surface area is 167 Å². The van der Waals surface area contributed by atoms with Crippen LogP contribution in [0.3, 0.4) is 0 Å². The van der Waals surface area contributed by atoms with Crippen LogP contribution in [0.25, 0.3) is 5.57 Å². The molecule has 0 spiro atoms. The van der Waals surface area contributed by atoms with Gasteiger partial charge < -0.3 is 0 Å². The van der Waals surface area contributed by atoms with Gasteiger partial charge in [-0.25, -0.2) is 13.4 Å². The van der Waals surface area contributed by atoms with Crippen molar-refractivity contribution in [2.24, 2.45) is 10.9 Å². The molecule has 0 bridgehead atoms. The number of anilines is 1. The number of rotatable bonds is 7. The van der Waals surface area contributed by atoms with Crippen molar-refractivity contribution in [2.75, 3.05) is 10.5 Å². The summed E-state index contributed by atoms with van der Waals surface area (Å²) >= 11 is 6.34. The van der Waals surface area contributed by atoms with Gasteiger partial charge in [0, 0.05) is 11.9 Å². The normalized spacial score (nSPS) is 18.4. The van der Waals surface area contributed by atoms with Crippen molar-refractivity contribution in [2.45, 2.75) is 40.5 Å². The summed E-state index contributed by atoms with van der Waals surface area (Å²) in [4.78, 5) is 8.63. The molecule has 1 aliphatic carbocycles. The minimum Gasteiger partial charge on any atom is -0.267 e. The second-order valence-corrected chi connectivity index (χ2v) is 8.83. The van der Waals surface area contributed by atoms with Gasteiger partial charge in [0.2, 0.25) is 10.0 Å². The number of aliphatic imine (C=N–C) groups is 1. The van der Waals surface area contributed by atoms with Crippen molar-refractivity contribution in [3.63, 3.8) is 0 Å². The monoisotopic (exact) mass is 407 g/mol. The van der Waals surface area contributed by atoms with Gasteiger partial charge >= 0.3 is 0 Å². The van der Waals surface area contributed by atoms with E-state index in [4.69, 9.17) is 11.6 Å². The summed E-state index contributed by atoms with van der Waals surface area (Å²) in [5, 5.41) is 0.510. The zero-order valence-electron chi connectivity index (χ0n) is 16.2. The van der Waals surface area contributed by atoms with Crippen molar-refractivity contribution in [3.8, 4) is 0 Å². The van der Waals surface area contributed by atoms with E-state index in [0.29, 0.717) is 16.4 Å². The van der Waals surface area contributed by atoms with Gasteiger partial charge in [0.25, 0.3) is 0 Å².